The number of likely N-dealkylation sites (N-methyl/N-ethyl adjacent to an activating group) is 1. The fraction of sp³-hybridized carbons (Fsp3) is 0.294. The third-order valence-electron chi connectivity index (χ3n) is 4.45. The van der Waals surface area contributed by atoms with Crippen LogP contribution in [0.5, 0.6) is 11.5 Å². The first-order chi connectivity index (χ1) is 10.9. The minimum absolute atomic E-state index is 0. The summed E-state index contributed by atoms with van der Waals surface area (Å²) >= 11 is 0. The molecule has 1 atom stereocenters. The number of hydrogen-bond donors (Lipinski definition) is 2. The quantitative estimate of drug-likeness (QED) is 0.734. The molecule has 0 saturated carbocycles. The van der Waals surface area contributed by atoms with Crippen molar-refractivity contribution in [2.45, 2.75) is 18.9 Å². The van der Waals surface area contributed by atoms with E-state index in [-0.39, 0.29) is 29.9 Å². The highest BCUT2D eigenvalue weighted by Gasteiger charge is 2.33. The zero-order valence-electron chi connectivity index (χ0n) is 14.3. The number of nitrogens with zero attached hydrogens (tertiary/aromatic N) is 1. The molecular weight excluding hydrogens is 286 g/mol. The highest BCUT2D eigenvalue weighted by atomic mass is 35.5. The van der Waals surface area contributed by atoms with Crippen LogP contribution in [0.3, 0.4) is 0 Å². The maximum absolute atomic E-state index is 10.3. The second-order valence-corrected chi connectivity index (χ2v) is 5.51. The second-order valence-electron chi connectivity index (χ2n) is 5.51. The number of aromatic hydroxyl groups is 2. The first kappa shape index (κ1) is 10.9. The molecule has 1 heterocycles. The number of phenolic OH excluding ortho intramolecular Hbond substituents is 2. The van der Waals surface area contributed by atoms with Crippen LogP contribution in [-0.2, 0) is 12.8 Å². The van der Waals surface area contributed by atoms with Crippen molar-refractivity contribution < 1.29 is 14.3 Å². The molecule has 0 spiro atoms. The van der Waals surface area contributed by atoms with Gasteiger partial charge in [-0.15, -0.1) is 12.4 Å². The number of hydrogen-bond acceptors (Lipinski definition) is 3. The largest absolute Gasteiger partial charge is 0.504 e. The van der Waals surface area contributed by atoms with Crippen LogP contribution in [0.25, 0.3) is 11.1 Å². The van der Waals surface area contributed by atoms with Crippen LogP contribution < -0.4 is 0 Å². The average Bonchev–Trinajstić information content (AvgIpc) is 2.50. The summed E-state index contributed by atoms with van der Waals surface area (Å²) in [6, 6.07) is 8.85. The molecule has 4 heteroatoms. The first-order valence-corrected chi connectivity index (χ1v) is 6.80. The maximum atomic E-state index is 10.3. The van der Waals surface area contributed by atoms with E-state index in [0.29, 0.717) is 24.9 Å². The standard InChI is InChI=1S/C17H17NO2.ClH/c1-18-8-7-10-3-2-4-12-15(10)13(18)9-11-5-6-14(19)17(20)16(11)12;/h2-6,13,19-20H,7-9H2,1H3;1H/t13-;/m1./s1/i1D3;. The minimum Gasteiger partial charge on any atom is -0.504 e. The summed E-state index contributed by atoms with van der Waals surface area (Å²) in [7, 11) is 0. The van der Waals surface area contributed by atoms with Crippen molar-refractivity contribution in [2.75, 3.05) is 13.5 Å². The summed E-state index contributed by atoms with van der Waals surface area (Å²) < 4.78 is 23.5. The lowest BCUT2D eigenvalue weighted by atomic mass is 9.77. The first-order valence-electron chi connectivity index (χ1n) is 8.30. The summed E-state index contributed by atoms with van der Waals surface area (Å²) in [5.41, 5.74) is 4.43. The van der Waals surface area contributed by atoms with E-state index in [0.717, 1.165) is 22.3 Å². The molecule has 1 aliphatic carbocycles. The number of phenols is 2. The Bertz CT molecular complexity index is 807. The van der Waals surface area contributed by atoms with Crippen molar-refractivity contribution >= 4 is 12.4 Å². The molecule has 0 radical (unpaired) electrons. The SMILES string of the molecule is Cl.[2H]C([2H])([2H])N1CCc2cccc3c2[C@H]1Cc1ccc(O)c(O)c1-3. The average molecular weight is 307 g/mol. The second kappa shape index (κ2) is 4.93. The predicted octanol–water partition coefficient (Wildman–Crippen LogP) is 3.27. The van der Waals surface area contributed by atoms with Gasteiger partial charge in [-0.1, -0.05) is 24.3 Å². The van der Waals surface area contributed by atoms with E-state index in [1.54, 1.807) is 11.0 Å². The van der Waals surface area contributed by atoms with Gasteiger partial charge < -0.3 is 10.2 Å². The van der Waals surface area contributed by atoms with Crippen molar-refractivity contribution in [2.24, 2.45) is 0 Å². The topological polar surface area (TPSA) is 43.7 Å². The summed E-state index contributed by atoms with van der Waals surface area (Å²) in [4.78, 5) is 1.58. The molecule has 0 bridgehead atoms. The van der Waals surface area contributed by atoms with Crippen LogP contribution in [0.15, 0.2) is 30.3 Å². The van der Waals surface area contributed by atoms with Gasteiger partial charge >= 0.3 is 0 Å². The van der Waals surface area contributed by atoms with Gasteiger partial charge in [-0.3, -0.25) is 4.90 Å². The van der Waals surface area contributed by atoms with Gasteiger partial charge in [-0.05, 0) is 48.1 Å². The van der Waals surface area contributed by atoms with Crippen LogP contribution in [-0.4, -0.2) is 28.6 Å². The van der Waals surface area contributed by atoms with Crippen LogP contribution >= 0.6 is 12.4 Å². The van der Waals surface area contributed by atoms with Gasteiger partial charge in [0.1, 0.15) is 0 Å². The molecule has 0 saturated heterocycles. The van der Waals surface area contributed by atoms with Crippen LogP contribution in [0.4, 0.5) is 0 Å². The predicted molar refractivity (Wildman–Crippen MR) is 85.2 cm³/mol. The van der Waals surface area contributed by atoms with Gasteiger partial charge in [0, 0.05) is 22.3 Å². The molecular formula is C17H18ClNO2. The zero-order chi connectivity index (χ0) is 16.4. The van der Waals surface area contributed by atoms with Gasteiger partial charge in [0.15, 0.2) is 11.5 Å². The van der Waals surface area contributed by atoms with Gasteiger partial charge in [0.05, 0.1) is 0 Å². The minimum atomic E-state index is -2.15. The van der Waals surface area contributed by atoms with E-state index in [1.165, 1.54) is 6.07 Å². The number of halogens is 1. The summed E-state index contributed by atoms with van der Waals surface area (Å²) in [5.74, 6) is -0.274. The van der Waals surface area contributed by atoms with Crippen LogP contribution in [0.2, 0.25) is 0 Å². The Hall–Kier alpha value is -1.71. The molecule has 0 amide bonds. The van der Waals surface area contributed by atoms with E-state index in [4.69, 9.17) is 4.11 Å². The Morgan fingerprint density at radius 1 is 1.19 bits per heavy atom. The Labute approximate surface area is 134 Å². The molecule has 2 aromatic carbocycles. The van der Waals surface area contributed by atoms with E-state index < -0.39 is 6.98 Å². The molecule has 4 rings (SSSR count). The highest BCUT2D eigenvalue weighted by Crippen LogP contribution is 2.49. The zero-order valence-corrected chi connectivity index (χ0v) is 12.2. The van der Waals surface area contributed by atoms with Crippen molar-refractivity contribution in [3.63, 3.8) is 0 Å². The Kier molecular flexibility index (Phi) is 2.57. The fourth-order valence-corrected chi connectivity index (χ4v) is 3.51. The molecule has 2 aromatic rings. The summed E-state index contributed by atoms with van der Waals surface area (Å²) in [6.07, 6.45) is 1.19. The van der Waals surface area contributed by atoms with Gasteiger partial charge in [-0.25, -0.2) is 0 Å². The molecule has 110 valence electrons. The molecule has 2 N–H and O–H groups in total. The van der Waals surface area contributed by atoms with Crippen molar-refractivity contribution in [3.05, 3.63) is 47.0 Å². The van der Waals surface area contributed by atoms with E-state index in [1.807, 2.05) is 18.2 Å². The molecule has 3 nitrogen and oxygen atoms in total. The molecule has 0 unspecified atom stereocenters. The lowest BCUT2D eigenvalue weighted by molar-refractivity contribution is 0.228. The van der Waals surface area contributed by atoms with E-state index >= 15 is 0 Å². The van der Waals surface area contributed by atoms with Crippen molar-refractivity contribution in [3.8, 4) is 22.6 Å². The van der Waals surface area contributed by atoms with E-state index in [2.05, 4.69) is 0 Å². The Morgan fingerprint density at radius 3 is 2.86 bits per heavy atom. The molecule has 0 fully saturated rings. The molecule has 2 aliphatic rings. The van der Waals surface area contributed by atoms with Crippen molar-refractivity contribution in [1.29, 1.82) is 0 Å². The summed E-state index contributed by atoms with van der Waals surface area (Å²) in [6.45, 7) is -1.65. The van der Waals surface area contributed by atoms with Crippen LogP contribution in [0, 0.1) is 0 Å². The number of fused-ring (bicyclic) bond motifs is 2. The van der Waals surface area contributed by atoms with E-state index in [9.17, 15) is 10.2 Å². The van der Waals surface area contributed by atoms with Gasteiger partial charge in [-0.2, -0.15) is 0 Å². The third kappa shape index (κ3) is 1.92. The van der Waals surface area contributed by atoms with Gasteiger partial charge in [0.25, 0.3) is 0 Å². The highest BCUT2D eigenvalue weighted by molar-refractivity contribution is 5.85. The normalized spacial score (nSPS) is 22.1. The molecule has 21 heavy (non-hydrogen) atoms. The monoisotopic (exact) mass is 306 g/mol. The van der Waals surface area contributed by atoms with Crippen molar-refractivity contribution in [1.82, 2.24) is 4.90 Å². The van der Waals surface area contributed by atoms with Crippen LogP contribution in [0.1, 0.15) is 26.8 Å². The molecule has 0 aromatic heterocycles. The van der Waals surface area contributed by atoms with Gasteiger partial charge in [0.2, 0.25) is 0 Å². The Morgan fingerprint density at radius 2 is 2.05 bits per heavy atom. The maximum Gasteiger partial charge on any atom is 0.165 e. The Balaban J connectivity index is 0.00000169. The third-order valence-corrected chi connectivity index (χ3v) is 4.45. The summed E-state index contributed by atoms with van der Waals surface area (Å²) in [5, 5.41) is 20.1. The number of benzene rings is 2. The molecule has 1 aliphatic heterocycles. The fourth-order valence-electron chi connectivity index (χ4n) is 3.51. The number of rotatable bonds is 0. The lowest BCUT2D eigenvalue weighted by Crippen LogP contribution is -2.35. The smallest absolute Gasteiger partial charge is 0.165 e. The lowest BCUT2D eigenvalue weighted by Gasteiger charge is -2.39.